The van der Waals surface area contributed by atoms with Gasteiger partial charge in [0.1, 0.15) is 22.3 Å². The van der Waals surface area contributed by atoms with Crippen LogP contribution in [0.3, 0.4) is 0 Å². The summed E-state index contributed by atoms with van der Waals surface area (Å²) in [7, 11) is -2.71. The Hall–Kier alpha value is -4.34. The minimum atomic E-state index is -4.14. The number of rotatable bonds is 8. The molecule has 0 aliphatic rings. The smallest absolute Gasteiger partial charge is 0.316 e. The number of aromatic amines is 1. The fourth-order valence-corrected chi connectivity index (χ4v) is 5.15. The van der Waals surface area contributed by atoms with Gasteiger partial charge in [0, 0.05) is 46.9 Å². The predicted molar refractivity (Wildman–Crippen MR) is 136 cm³/mol. The van der Waals surface area contributed by atoms with Crippen LogP contribution in [-0.2, 0) is 10.0 Å². The molecule has 0 saturated carbocycles. The van der Waals surface area contributed by atoms with E-state index in [1.54, 1.807) is 6.07 Å². The molecule has 0 bridgehead atoms. The van der Waals surface area contributed by atoms with Crippen LogP contribution in [0.1, 0.15) is 15.9 Å². The first kappa shape index (κ1) is 25.3. The standard InChI is InChI=1S/C23H17F2N7O4S2/c1-36-23-30-6-13(7-31-23)12-4-14-15(8-29-22(14)28-5-12)21(33)19-16(24)2-3-17(20(19)25)32(11-38(26,34)35)18-9-27-10-37-18/h2-10H,11H2,1H3,(H,28,29)(H2,26,34,35). The van der Waals surface area contributed by atoms with Crippen LogP contribution in [0.4, 0.5) is 19.5 Å². The highest BCUT2D eigenvalue weighted by molar-refractivity contribution is 7.89. The normalized spacial score (nSPS) is 11.6. The highest BCUT2D eigenvalue weighted by atomic mass is 32.2. The second-order valence-corrected chi connectivity index (χ2v) is 10.4. The number of halogens is 2. The molecule has 5 rings (SSSR count). The Morgan fingerprint density at radius 1 is 1.13 bits per heavy atom. The zero-order valence-electron chi connectivity index (χ0n) is 19.4. The number of aromatic nitrogens is 5. The number of thiazole rings is 1. The number of hydrogen-bond donors (Lipinski definition) is 2. The molecule has 194 valence electrons. The zero-order valence-corrected chi connectivity index (χ0v) is 21.1. The van der Waals surface area contributed by atoms with Crippen LogP contribution in [0.2, 0.25) is 0 Å². The summed E-state index contributed by atoms with van der Waals surface area (Å²) in [6, 6.07) is 3.70. The Morgan fingerprint density at radius 3 is 2.53 bits per heavy atom. The first-order valence-electron chi connectivity index (χ1n) is 10.7. The molecule has 0 atom stereocenters. The van der Waals surface area contributed by atoms with Crippen molar-refractivity contribution in [3.63, 3.8) is 0 Å². The third-order valence-corrected chi connectivity index (χ3v) is 6.92. The van der Waals surface area contributed by atoms with Crippen LogP contribution in [0.25, 0.3) is 22.2 Å². The fraction of sp³-hybridized carbons (Fsp3) is 0.0870. The highest BCUT2D eigenvalue weighted by Gasteiger charge is 2.28. The first-order chi connectivity index (χ1) is 18.2. The summed E-state index contributed by atoms with van der Waals surface area (Å²) in [6.45, 7) is 0. The number of ether oxygens (including phenoxy) is 1. The van der Waals surface area contributed by atoms with Gasteiger partial charge in [-0.2, -0.15) is 0 Å². The average molecular weight is 558 g/mol. The van der Waals surface area contributed by atoms with E-state index in [4.69, 9.17) is 9.88 Å². The lowest BCUT2D eigenvalue weighted by Gasteiger charge is -2.23. The summed E-state index contributed by atoms with van der Waals surface area (Å²) >= 11 is 1.01. The van der Waals surface area contributed by atoms with E-state index in [2.05, 4.69) is 24.9 Å². The lowest BCUT2D eigenvalue weighted by molar-refractivity contribution is 0.103. The van der Waals surface area contributed by atoms with Crippen molar-refractivity contribution >= 4 is 48.9 Å². The maximum Gasteiger partial charge on any atom is 0.316 e. The molecule has 4 heterocycles. The Balaban J connectivity index is 1.60. The molecular weight excluding hydrogens is 540 g/mol. The average Bonchev–Trinajstić information content (AvgIpc) is 3.57. The van der Waals surface area contributed by atoms with Crippen molar-refractivity contribution in [3.8, 4) is 17.1 Å². The summed E-state index contributed by atoms with van der Waals surface area (Å²) in [5.41, 5.74) is 1.56. The van der Waals surface area contributed by atoms with Gasteiger partial charge in [-0.25, -0.2) is 37.3 Å². The molecule has 0 aliphatic heterocycles. The molecule has 1 aromatic carbocycles. The number of nitrogens with two attached hydrogens (primary N) is 1. The SMILES string of the molecule is COc1ncc(-c2cnc3[nH]cc(C(=O)c4c(F)ccc(N(CS(N)(=O)=O)c5cncs5)c4F)c3c2)cn1. The van der Waals surface area contributed by atoms with Crippen molar-refractivity contribution in [2.75, 3.05) is 17.9 Å². The zero-order chi connectivity index (χ0) is 27.0. The number of sulfonamides is 1. The van der Waals surface area contributed by atoms with Crippen molar-refractivity contribution in [1.29, 1.82) is 0 Å². The number of benzene rings is 1. The predicted octanol–water partition coefficient (Wildman–Crippen LogP) is 3.38. The summed E-state index contributed by atoms with van der Waals surface area (Å²) < 4.78 is 59.4. The number of nitrogens with zero attached hydrogens (tertiary/aromatic N) is 5. The van der Waals surface area contributed by atoms with Crippen molar-refractivity contribution in [3.05, 3.63) is 77.5 Å². The summed E-state index contributed by atoms with van der Waals surface area (Å²) in [4.78, 5) is 33.6. The Kier molecular flexibility index (Phi) is 6.56. The van der Waals surface area contributed by atoms with Crippen LogP contribution in [-0.4, -0.2) is 52.1 Å². The number of primary sulfonamides is 1. The highest BCUT2D eigenvalue weighted by Crippen LogP contribution is 2.35. The van der Waals surface area contributed by atoms with E-state index in [1.165, 1.54) is 43.6 Å². The molecule has 3 N–H and O–H groups in total. The van der Waals surface area contributed by atoms with Gasteiger partial charge in [0.05, 0.1) is 30.1 Å². The number of ketones is 1. The van der Waals surface area contributed by atoms with E-state index in [0.717, 1.165) is 28.4 Å². The minimum Gasteiger partial charge on any atom is -0.467 e. The number of nitrogens with one attached hydrogen (secondary N) is 1. The van der Waals surface area contributed by atoms with Crippen LogP contribution in [0.15, 0.2) is 54.7 Å². The number of carbonyl (C=O) groups is 1. The van der Waals surface area contributed by atoms with Crippen LogP contribution >= 0.6 is 11.3 Å². The molecule has 0 aliphatic carbocycles. The van der Waals surface area contributed by atoms with Crippen LogP contribution in [0.5, 0.6) is 6.01 Å². The molecule has 38 heavy (non-hydrogen) atoms. The molecule has 5 aromatic rings. The lowest BCUT2D eigenvalue weighted by Crippen LogP contribution is -2.30. The quantitative estimate of drug-likeness (QED) is 0.273. The van der Waals surface area contributed by atoms with Gasteiger partial charge in [-0.3, -0.25) is 9.78 Å². The van der Waals surface area contributed by atoms with E-state index in [1.807, 2.05) is 0 Å². The number of fused-ring (bicyclic) bond motifs is 1. The maximum absolute atomic E-state index is 15.8. The van der Waals surface area contributed by atoms with E-state index in [9.17, 15) is 17.6 Å². The monoisotopic (exact) mass is 557 g/mol. The van der Waals surface area contributed by atoms with Crippen LogP contribution < -0.4 is 14.8 Å². The van der Waals surface area contributed by atoms with Crippen LogP contribution in [0, 0.1) is 11.6 Å². The van der Waals surface area contributed by atoms with Gasteiger partial charge in [-0.15, -0.1) is 11.3 Å². The molecule has 15 heteroatoms. The largest absolute Gasteiger partial charge is 0.467 e. The molecule has 4 aromatic heterocycles. The first-order valence-corrected chi connectivity index (χ1v) is 13.3. The van der Waals surface area contributed by atoms with Crippen molar-refractivity contribution in [2.24, 2.45) is 5.14 Å². The molecule has 0 fully saturated rings. The lowest BCUT2D eigenvalue weighted by atomic mass is 10.00. The summed E-state index contributed by atoms with van der Waals surface area (Å²) in [6.07, 6.45) is 7.14. The number of carbonyl (C=O) groups excluding carboxylic acids is 1. The van der Waals surface area contributed by atoms with E-state index < -0.39 is 38.9 Å². The molecular formula is C23H17F2N7O4S2. The van der Waals surface area contributed by atoms with Crippen molar-refractivity contribution in [1.82, 2.24) is 24.9 Å². The molecule has 0 saturated heterocycles. The van der Waals surface area contributed by atoms with Gasteiger partial charge < -0.3 is 14.6 Å². The summed E-state index contributed by atoms with van der Waals surface area (Å²) in [5.74, 6) is -4.18. The number of methoxy groups -OCH3 is 1. The van der Waals surface area contributed by atoms with Crippen molar-refractivity contribution in [2.45, 2.75) is 0 Å². The van der Waals surface area contributed by atoms with Gasteiger partial charge in [-0.1, -0.05) is 0 Å². The third kappa shape index (κ3) is 4.81. The van der Waals surface area contributed by atoms with Gasteiger partial charge >= 0.3 is 6.01 Å². The van der Waals surface area contributed by atoms with Crippen molar-refractivity contribution < 1.29 is 26.7 Å². The Labute approximate surface area is 218 Å². The number of pyridine rings is 1. The van der Waals surface area contributed by atoms with E-state index >= 15 is 4.39 Å². The fourth-order valence-electron chi connectivity index (χ4n) is 3.79. The Morgan fingerprint density at radius 2 is 1.87 bits per heavy atom. The Bertz CT molecular complexity index is 1760. The van der Waals surface area contributed by atoms with Gasteiger partial charge in [0.25, 0.3) is 0 Å². The number of anilines is 2. The van der Waals surface area contributed by atoms with Gasteiger partial charge in [0.2, 0.25) is 15.8 Å². The van der Waals surface area contributed by atoms with Gasteiger partial charge in [-0.05, 0) is 18.2 Å². The minimum absolute atomic E-state index is 0.0467. The topological polar surface area (TPSA) is 157 Å². The maximum atomic E-state index is 15.8. The molecule has 11 nitrogen and oxygen atoms in total. The number of hydrogen-bond acceptors (Lipinski definition) is 10. The van der Waals surface area contributed by atoms with E-state index in [0.29, 0.717) is 22.2 Å². The molecule has 0 spiro atoms. The second kappa shape index (κ2) is 9.85. The van der Waals surface area contributed by atoms with E-state index in [-0.39, 0.29) is 22.3 Å². The molecule has 0 unspecified atom stereocenters. The molecule has 0 amide bonds. The number of H-pyrrole nitrogens is 1. The second-order valence-electron chi connectivity index (χ2n) is 7.93. The summed E-state index contributed by atoms with van der Waals surface area (Å²) in [5, 5.41) is 5.73. The molecule has 0 radical (unpaired) electrons. The van der Waals surface area contributed by atoms with Gasteiger partial charge in [0.15, 0.2) is 5.82 Å². The third-order valence-electron chi connectivity index (χ3n) is 5.50.